The van der Waals surface area contributed by atoms with Gasteiger partial charge in [0, 0.05) is 11.1 Å². The summed E-state index contributed by atoms with van der Waals surface area (Å²) in [6, 6.07) is 26.9. The monoisotopic (exact) mass is 520 g/mol. The molecule has 162 valence electrons. The van der Waals surface area contributed by atoms with Gasteiger partial charge in [-0.25, -0.2) is 9.97 Å². The summed E-state index contributed by atoms with van der Waals surface area (Å²) in [7, 11) is 0. The van der Waals surface area contributed by atoms with Gasteiger partial charge < -0.3 is 10.2 Å². The van der Waals surface area contributed by atoms with Crippen LogP contribution in [-0.2, 0) is 0 Å². The van der Waals surface area contributed by atoms with E-state index in [-0.39, 0.29) is 70.6 Å². The van der Waals surface area contributed by atoms with Crippen molar-refractivity contribution >= 4 is 64.7 Å². The largest absolute Gasteiger partial charge is 1.00 e. The number of rotatable bonds is 2. The molecule has 8 heteroatoms. The number of nitrogens with zero attached hydrogens (tertiary/aromatic N) is 2. The van der Waals surface area contributed by atoms with Crippen LogP contribution < -0.4 is 69.3 Å². The molecule has 4 nitrogen and oxygen atoms in total. The van der Waals surface area contributed by atoms with Crippen LogP contribution in [-0.4, -0.2) is 9.97 Å². The molecule has 0 unspecified atom stereocenters. The van der Waals surface area contributed by atoms with Gasteiger partial charge in [-0.05, 0) is 33.7 Å². The fraction of sp³-hybridized carbons (Fsp3) is 0. The Morgan fingerprint density at radius 2 is 0.889 bits per heavy atom. The molecule has 0 atom stereocenters. The minimum absolute atomic E-state index is 0. The van der Waals surface area contributed by atoms with Crippen molar-refractivity contribution in [1.82, 2.24) is 9.97 Å². The van der Waals surface area contributed by atoms with Crippen LogP contribution in [0.25, 0.3) is 63.1 Å². The Bertz CT molecular complexity index is 1750. The molecule has 2 heterocycles. The maximum Gasteiger partial charge on any atom is 1.00 e. The minimum atomic E-state index is -0.130. The summed E-state index contributed by atoms with van der Waals surface area (Å²) >= 11 is 2.91. The third kappa shape index (κ3) is 3.97. The van der Waals surface area contributed by atoms with E-state index in [4.69, 9.17) is 9.97 Å². The average molecular weight is 521 g/mol. The predicted octanol–water partition coefficient (Wildman–Crippen LogP) is 0.702. The van der Waals surface area contributed by atoms with E-state index >= 15 is 0 Å². The smallest absolute Gasteiger partial charge is 0.872 e. The predicted molar refractivity (Wildman–Crippen MR) is 138 cm³/mol. The van der Waals surface area contributed by atoms with Crippen molar-refractivity contribution < 1.29 is 69.3 Å². The second kappa shape index (κ2) is 10.0. The Labute approximate surface area is 258 Å². The minimum Gasteiger partial charge on any atom is -0.872 e. The van der Waals surface area contributed by atoms with Gasteiger partial charge in [0.1, 0.15) is 10.0 Å². The molecule has 7 rings (SSSR count). The van der Waals surface area contributed by atoms with E-state index in [0.29, 0.717) is 21.5 Å². The van der Waals surface area contributed by atoms with E-state index in [1.54, 1.807) is 12.1 Å². The average Bonchev–Trinajstić information content (AvgIpc) is 3.52. The molecule has 0 spiro atoms. The van der Waals surface area contributed by atoms with E-state index in [1.165, 1.54) is 22.7 Å². The van der Waals surface area contributed by atoms with Crippen molar-refractivity contribution in [1.29, 1.82) is 0 Å². The normalized spacial score (nSPS) is 11.1. The van der Waals surface area contributed by atoms with E-state index < -0.39 is 0 Å². The third-order valence-corrected chi connectivity index (χ3v) is 8.38. The summed E-state index contributed by atoms with van der Waals surface area (Å²) in [6.07, 6.45) is 0. The summed E-state index contributed by atoms with van der Waals surface area (Å²) in [6.45, 7) is 0. The van der Waals surface area contributed by atoms with Gasteiger partial charge in [0.15, 0.2) is 0 Å². The molecule has 2 aromatic heterocycles. The number of aromatic nitrogens is 2. The van der Waals surface area contributed by atoms with Gasteiger partial charge in [0.25, 0.3) is 0 Å². The molecule has 0 bridgehead atoms. The summed E-state index contributed by atoms with van der Waals surface area (Å²) in [5.74, 6) is -0.259. The first-order valence-corrected chi connectivity index (χ1v) is 12.4. The zero-order chi connectivity index (χ0) is 22.8. The van der Waals surface area contributed by atoms with Crippen molar-refractivity contribution in [3.63, 3.8) is 0 Å². The standard InChI is InChI=1S/C28H16N2O2S2.2Na/c31-23-18-12-14-20-26(34-28(30-20)16-9-5-2-6-10-16)22(18)24(32)17-11-13-19-25(21(17)23)33-27(29-19)15-7-3-1-4-8-15;;/h1-14,31-32H;;/q;2*+1/p-2. The molecule has 0 radical (unpaired) electrons. The molecule has 0 amide bonds. The van der Waals surface area contributed by atoms with Crippen molar-refractivity contribution in [3.8, 4) is 32.6 Å². The second-order valence-electron chi connectivity index (χ2n) is 8.10. The zero-order valence-corrected chi connectivity index (χ0v) is 25.2. The molecule has 0 N–H and O–H groups in total. The van der Waals surface area contributed by atoms with E-state index in [2.05, 4.69) is 0 Å². The maximum absolute atomic E-state index is 13.7. The molecular formula is C28H14N2Na2O2S2. The Balaban J connectivity index is 0.00000133. The quantitative estimate of drug-likeness (QED) is 0.249. The van der Waals surface area contributed by atoms with Crippen LogP contribution in [0.5, 0.6) is 11.5 Å². The van der Waals surface area contributed by atoms with Crippen LogP contribution in [0.1, 0.15) is 0 Å². The first-order valence-electron chi connectivity index (χ1n) is 10.8. The topological polar surface area (TPSA) is 71.9 Å². The van der Waals surface area contributed by atoms with Crippen molar-refractivity contribution in [2.45, 2.75) is 0 Å². The molecule has 7 aromatic rings. The van der Waals surface area contributed by atoms with Gasteiger partial charge in [-0.1, -0.05) is 84.3 Å². The number of hydrogen-bond acceptors (Lipinski definition) is 6. The van der Waals surface area contributed by atoms with Gasteiger partial charge >= 0.3 is 59.1 Å². The van der Waals surface area contributed by atoms with Gasteiger partial charge in [-0.15, -0.1) is 22.7 Å². The summed E-state index contributed by atoms with van der Waals surface area (Å²) < 4.78 is 1.52. The SMILES string of the molecule is [Na+].[Na+].[O-]c1c2ccc3nc(-c4ccccc4)sc3c2c([O-])c2ccc3nc(-c4ccccc4)sc3c12. The summed E-state index contributed by atoms with van der Waals surface area (Å²) in [5.41, 5.74) is 3.45. The van der Waals surface area contributed by atoms with Crippen LogP contribution in [0.15, 0.2) is 84.9 Å². The Hall–Kier alpha value is -2.00. The van der Waals surface area contributed by atoms with Crippen molar-refractivity contribution in [2.24, 2.45) is 0 Å². The second-order valence-corrected chi connectivity index (χ2v) is 10.1. The molecule has 0 fully saturated rings. The van der Waals surface area contributed by atoms with Crippen LogP contribution in [0.4, 0.5) is 0 Å². The Morgan fingerprint density at radius 3 is 1.28 bits per heavy atom. The maximum atomic E-state index is 13.7. The Kier molecular flexibility index (Phi) is 7.15. The van der Waals surface area contributed by atoms with Gasteiger partial charge in [-0.2, -0.15) is 0 Å². The van der Waals surface area contributed by atoms with E-state index in [1.807, 2.05) is 72.8 Å². The molecule has 0 saturated heterocycles. The van der Waals surface area contributed by atoms with E-state index in [0.717, 1.165) is 41.6 Å². The molecule has 0 aliphatic heterocycles. The van der Waals surface area contributed by atoms with Crippen molar-refractivity contribution in [2.75, 3.05) is 0 Å². The van der Waals surface area contributed by atoms with Crippen LogP contribution in [0.3, 0.4) is 0 Å². The first-order chi connectivity index (χ1) is 16.7. The summed E-state index contributed by atoms with van der Waals surface area (Å²) in [4.78, 5) is 9.48. The molecule has 0 saturated carbocycles. The van der Waals surface area contributed by atoms with Crippen LogP contribution in [0.2, 0.25) is 0 Å². The Morgan fingerprint density at radius 1 is 0.500 bits per heavy atom. The molecule has 0 aliphatic carbocycles. The molecule has 5 aromatic carbocycles. The van der Waals surface area contributed by atoms with E-state index in [9.17, 15) is 10.2 Å². The molecule has 36 heavy (non-hydrogen) atoms. The van der Waals surface area contributed by atoms with Crippen molar-refractivity contribution in [3.05, 3.63) is 84.9 Å². The number of thiazole rings is 2. The van der Waals surface area contributed by atoms with Gasteiger partial charge in [0.2, 0.25) is 0 Å². The number of fused-ring (bicyclic) bond motifs is 6. The van der Waals surface area contributed by atoms with Gasteiger partial charge in [-0.3, -0.25) is 0 Å². The number of hydrogen-bond donors (Lipinski definition) is 0. The zero-order valence-electron chi connectivity index (χ0n) is 19.6. The first kappa shape index (κ1) is 25.6. The number of benzene rings is 5. The van der Waals surface area contributed by atoms with Crippen LogP contribution in [0, 0.1) is 0 Å². The molecular weight excluding hydrogens is 506 g/mol. The molecule has 0 aliphatic rings. The third-order valence-electron chi connectivity index (χ3n) is 6.10. The van der Waals surface area contributed by atoms with Gasteiger partial charge in [0.05, 0.1) is 20.4 Å². The fourth-order valence-corrected chi connectivity index (χ4v) is 6.72. The fourth-order valence-electron chi connectivity index (χ4n) is 4.49. The van der Waals surface area contributed by atoms with Crippen LogP contribution >= 0.6 is 22.7 Å². The summed E-state index contributed by atoms with van der Waals surface area (Å²) in [5, 5.41) is 31.0.